The number of benzene rings is 14. The molecule has 0 amide bonds. The van der Waals surface area contributed by atoms with Crippen LogP contribution >= 0.6 is 45.3 Å². The van der Waals surface area contributed by atoms with Crippen molar-refractivity contribution < 1.29 is 8.83 Å². The second-order valence-corrected chi connectivity index (χ2v) is 30.1. The maximum Gasteiger partial charge on any atom is 0.246 e. The number of nitrogens with zero attached hydrogens (tertiary/aromatic N) is 4. The maximum atomic E-state index is 6.31. The molecule has 6 nitrogen and oxygen atoms in total. The fourth-order valence-corrected chi connectivity index (χ4v) is 20.0. The lowest BCUT2D eigenvalue weighted by atomic mass is 9.97. The lowest BCUT2D eigenvalue weighted by Crippen LogP contribution is -1.88. The quantitative estimate of drug-likeness (QED) is 0.151. The zero-order valence-corrected chi connectivity index (χ0v) is 57.5. The molecule has 14 aromatic carbocycles. The number of furan rings is 2. The standard InChI is InChI=1S/2C46H26N2OS2/c1-3-19-41-34(13-1)36-17-7-15-32(44(36)50-41)29-10-5-9-27(23-29)28-21-22-40-38(25-28)43-46(49-40)47-26-39(48-43)31-12-6-11-30(24-31)33-16-8-18-37-35-14-2-4-20-42(35)51-45(33)37;1-3-19-41-34(13-1)36-17-7-15-32(44(36)50-41)29-10-5-9-27(23-29)28-21-22-40-38(25-28)43-46(49-40)48-39(26-47-43)31-12-6-11-30(24-31)33-16-8-18-37-35-14-2-4-20-42(35)51-45(33)37/h2*1-26H. The number of hydrogen-bond donors (Lipinski definition) is 0. The Morgan fingerprint density at radius 2 is 0.529 bits per heavy atom. The van der Waals surface area contributed by atoms with Gasteiger partial charge in [0.25, 0.3) is 0 Å². The highest BCUT2D eigenvalue weighted by Gasteiger charge is 2.20. The molecule has 22 aromatic rings. The Kier molecular flexibility index (Phi) is 13.6. The molecule has 8 aromatic heterocycles. The first kappa shape index (κ1) is 58.7. The summed E-state index contributed by atoms with van der Waals surface area (Å²) in [4.78, 5) is 19.8. The van der Waals surface area contributed by atoms with Gasteiger partial charge in [0, 0.05) is 103 Å². The van der Waals surface area contributed by atoms with Gasteiger partial charge >= 0.3 is 0 Å². The summed E-state index contributed by atoms with van der Waals surface area (Å²) in [5, 5.41) is 12.4. The van der Waals surface area contributed by atoms with E-state index < -0.39 is 0 Å². The highest BCUT2D eigenvalue weighted by molar-refractivity contribution is 7.27. The van der Waals surface area contributed by atoms with Crippen molar-refractivity contribution >= 4 is 170 Å². The number of hydrogen-bond acceptors (Lipinski definition) is 10. The van der Waals surface area contributed by atoms with Gasteiger partial charge in [0.05, 0.1) is 23.8 Å². The molecule has 476 valence electrons. The van der Waals surface area contributed by atoms with Crippen LogP contribution in [0.1, 0.15) is 0 Å². The van der Waals surface area contributed by atoms with E-state index in [2.05, 4.69) is 291 Å². The first-order chi connectivity index (χ1) is 50.5. The monoisotopic (exact) mass is 1370 g/mol. The fraction of sp³-hybridized carbons (Fsp3) is 0. The molecule has 0 N–H and O–H groups in total. The van der Waals surface area contributed by atoms with Gasteiger partial charge in [-0.25, -0.2) is 19.9 Å². The Hall–Kier alpha value is -12.3. The van der Waals surface area contributed by atoms with Gasteiger partial charge in [0.1, 0.15) is 22.2 Å². The van der Waals surface area contributed by atoms with E-state index in [9.17, 15) is 0 Å². The molecular weight excluding hydrogens is 1320 g/mol. The summed E-state index contributed by atoms with van der Waals surface area (Å²) in [6, 6.07) is 109. The van der Waals surface area contributed by atoms with E-state index in [1.807, 2.05) is 69.9 Å². The van der Waals surface area contributed by atoms with Crippen LogP contribution < -0.4 is 0 Å². The van der Waals surface area contributed by atoms with Crippen LogP contribution in [0.25, 0.3) is 214 Å². The highest BCUT2D eigenvalue weighted by atomic mass is 32.1. The van der Waals surface area contributed by atoms with Crippen molar-refractivity contribution in [1.82, 2.24) is 19.9 Å². The Labute approximate surface area is 599 Å². The van der Waals surface area contributed by atoms with Gasteiger partial charge < -0.3 is 8.83 Å². The average molecular weight is 1370 g/mol. The van der Waals surface area contributed by atoms with Crippen LogP contribution in [0.5, 0.6) is 0 Å². The second kappa shape index (κ2) is 23.7. The molecule has 22 rings (SSSR count). The van der Waals surface area contributed by atoms with Gasteiger partial charge in [0.2, 0.25) is 11.4 Å². The molecule has 102 heavy (non-hydrogen) atoms. The number of rotatable bonds is 8. The van der Waals surface area contributed by atoms with Gasteiger partial charge in [0.15, 0.2) is 0 Å². The van der Waals surface area contributed by atoms with Crippen molar-refractivity contribution in [3.05, 3.63) is 316 Å². The maximum absolute atomic E-state index is 6.31. The molecule has 0 unspecified atom stereocenters. The van der Waals surface area contributed by atoms with E-state index in [4.69, 9.17) is 28.8 Å². The van der Waals surface area contributed by atoms with Gasteiger partial charge in [-0.05, 0) is 140 Å². The van der Waals surface area contributed by atoms with Crippen molar-refractivity contribution in [3.8, 4) is 89.3 Å². The smallest absolute Gasteiger partial charge is 0.246 e. The molecule has 0 aliphatic carbocycles. The molecule has 0 radical (unpaired) electrons. The predicted molar refractivity (Wildman–Crippen MR) is 434 cm³/mol. The summed E-state index contributed by atoms with van der Waals surface area (Å²) in [5.74, 6) is 0. The van der Waals surface area contributed by atoms with Crippen LogP contribution in [-0.4, -0.2) is 19.9 Å². The summed E-state index contributed by atoms with van der Waals surface area (Å²) in [7, 11) is 0. The molecule has 10 heteroatoms. The third kappa shape index (κ3) is 9.78. The summed E-state index contributed by atoms with van der Waals surface area (Å²) < 4.78 is 23.0. The molecule has 0 saturated carbocycles. The molecule has 0 atom stereocenters. The van der Waals surface area contributed by atoms with Crippen LogP contribution in [0.3, 0.4) is 0 Å². The first-order valence-electron chi connectivity index (χ1n) is 33.9. The third-order valence-electron chi connectivity index (χ3n) is 19.9. The normalized spacial score (nSPS) is 11.9. The Bertz CT molecular complexity index is 6970. The number of thiophene rings is 4. The van der Waals surface area contributed by atoms with E-state index in [1.165, 1.54) is 114 Å². The lowest BCUT2D eigenvalue weighted by molar-refractivity contribution is 0.653. The van der Waals surface area contributed by atoms with Gasteiger partial charge in [-0.1, -0.05) is 231 Å². The molecule has 8 heterocycles. The van der Waals surface area contributed by atoms with E-state index in [0.717, 1.165) is 88.9 Å². The number of fused-ring (bicyclic) bond motifs is 18. The van der Waals surface area contributed by atoms with E-state index in [1.54, 1.807) is 0 Å². The topological polar surface area (TPSA) is 77.8 Å². The molecular formula is C92H52N4O2S4. The minimum Gasteiger partial charge on any atom is -0.436 e. The summed E-state index contributed by atoms with van der Waals surface area (Å²) in [5.41, 5.74) is 22.1. The molecule has 0 aliphatic rings. The van der Waals surface area contributed by atoms with Gasteiger partial charge in [-0.3, -0.25) is 0 Å². The predicted octanol–water partition coefficient (Wildman–Crippen LogP) is 27.6. The minimum absolute atomic E-state index is 0.543. The molecule has 0 fully saturated rings. The van der Waals surface area contributed by atoms with Crippen LogP contribution in [0, 0.1) is 0 Å². The Balaban J connectivity index is 0.000000133. The highest BCUT2D eigenvalue weighted by Crippen LogP contribution is 2.46. The Morgan fingerprint density at radius 3 is 0.951 bits per heavy atom. The summed E-state index contributed by atoms with van der Waals surface area (Å²) in [6.45, 7) is 0. The summed E-state index contributed by atoms with van der Waals surface area (Å²) >= 11 is 7.42. The van der Waals surface area contributed by atoms with Crippen molar-refractivity contribution in [2.45, 2.75) is 0 Å². The Morgan fingerprint density at radius 1 is 0.216 bits per heavy atom. The van der Waals surface area contributed by atoms with Crippen molar-refractivity contribution in [1.29, 1.82) is 0 Å². The number of aromatic nitrogens is 4. The largest absolute Gasteiger partial charge is 0.436 e. The first-order valence-corrected chi connectivity index (χ1v) is 37.2. The molecule has 0 aliphatic heterocycles. The van der Waals surface area contributed by atoms with Crippen molar-refractivity contribution in [2.75, 3.05) is 0 Å². The van der Waals surface area contributed by atoms with Gasteiger partial charge in [-0.2, -0.15) is 0 Å². The molecule has 0 spiro atoms. The minimum atomic E-state index is 0.543. The average Bonchev–Trinajstić information content (AvgIpc) is 1.59. The lowest BCUT2D eigenvalue weighted by Gasteiger charge is -2.08. The summed E-state index contributed by atoms with van der Waals surface area (Å²) in [6.07, 6.45) is 3.69. The molecule has 0 bridgehead atoms. The van der Waals surface area contributed by atoms with Gasteiger partial charge in [-0.15, -0.1) is 45.3 Å². The van der Waals surface area contributed by atoms with E-state index in [-0.39, 0.29) is 0 Å². The zero-order chi connectivity index (χ0) is 66.9. The van der Waals surface area contributed by atoms with E-state index >= 15 is 0 Å². The van der Waals surface area contributed by atoms with Crippen molar-refractivity contribution in [2.24, 2.45) is 0 Å². The van der Waals surface area contributed by atoms with E-state index in [0.29, 0.717) is 11.4 Å². The fourth-order valence-electron chi connectivity index (χ4n) is 15.0. The van der Waals surface area contributed by atoms with Crippen LogP contribution in [-0.2, 0) is 0 Å². The van der Waals surface area contributed by atoms with Crippen molar-refractivity contribution in [3.63, 3.8) is 0 Å². The SMILES string of the molecule is c1cc(-c2ccc3oc4nc(-c5cccc(-c6cccc7c6sc6ccccc67)c5)cnc4c3c2)cc(-c2cccc3c2sc2ccccc23)c1.c1cc(-c2ccc3oc4ncc(-c5cccc(-c6cccc7c6sc6ccccc67)c5)nc4c3c2)cc(-c2cccc3c2sc2ccccc23)c1. The zero-order valence-electron chi connectivity index (χ0n) is 54.3. The van der Waals surface area contributed by atoms with Crippen LogP contribution in [0.4, 0.5) is 0 Å². The van der Waals surface area contributed by atoms with Crippen LogP contribution in [0.2, 0.25) is 0 Å². The third-order valence-corrected chi connectivity index (χ3v) is 24.8. The van der Waals surface area contributed by atoms with Crippen LogP contribution in [0.15, 0.2) is 325 Å². The second-order valence-electron chi connectivity index (χ2n) is 25.9. The molecule has 0 saturated heterocycles.